The van der Waals surface area contributed by atoms with Crippen LogP contribution in [0.4, 0.5) is 4.39 Å². The molecule has 0 aliphatic carbocycles. The van der Waals surface area contributed by atoms with Crippen LogP contribution in [0, 0.1) is 19.7 Å². The van der Waals surface area contributed by atoms with E-state index in [1.54, 1.807) is 31.7 Å². The third-order valence-corrected chi connectivity index (χ3v) is 4.02. The monoisotopic (exact) mass is 276 g/mol. The summed E-state index contributed by atoms with van der Waals surface area (Å²) in [6, 6.07) is 11.4. The molecule has 2 aromatic rings. The molecule has 0 heterocycles. The van der Waals surface area contributed by atoms with E-state index < -0.39 is 6.10 Å². The van der Waals surface area contributed by atoms with Crippen molar-refractivity contribution < 1.29 is 9.50 Å². The molecule has 0 spiro atoms. The highest BCUT2D eigenvalue weighted by Gasteiger charge is 2.13. The largest absolute Gasteiger partial charge is 0.389 e. The van der Waals surface area contributed by atoms with Crippen molar-refractivity contribution in [2.75, 3.05) is 0 Å². The molecule has 0 unspecified atom stereocenters. The smallest absolute Gasteiger partial charge is 0.126 e. The van der Waals surface area contributed by atoms with E-state index in [2.05, 4.69) is 6.07 Å². The van der Waals surface area contributed by atoms with Crippen LogP contribution in [0.5, 0.6) is 0 Å². The molecule has 0 amide bonds. The van der Waals surface area contributed by atoms with Gasteiger partial charge in [0.05, 0.1) is 6.10 Å². The van der Waals surface area contributed by atoms with Crippen molar-refractivity contribution in [3.8, 4) is 0 Å². The standard InChI is InChI=1S/C16H17FOS/c1-10-5-4-6-13(7-10)19-16-8-11(2)15(17)9-14(16)12(3)18/h4-9,12,18H,1-3H3/t12-/m1/s1. The molecule has 3 heteroatoms. The molecule has 1 nitrogen and oxygen atoms in total. The Hall–Kier alpha value is -1.32. The number of hydrogen-bond acceptors (Lipinski definition) is 2. The summed E-state index contributed by atoms with van der Waals surface area (Å²) in [4.78, 5) is 1.99. The van der Waals surface area contributed by atoms with Gasteiger partial charge in [-0.3, -0.25) is 0 Å². The second-order valence-corrected chi connectivity index (χ2v) is 5.85. The van der Waals surface area contributed by atoms with Gasteiger partial charge in [0.2, 0.25) is 0 Å². The zero-order valence-electron chi connectivity index (χ0n) is 11.3. The predicted molar refractivity (Wildman–Crippen MR) is 77.1 cm³/mol. The van der Waals surface area contributed by atoms with Crippen molar-refractivity contribution in [3.05, 3.63) is 58.9 Å². The molecule has 2 aromatic carbocycles. The molecule has 1 atom stereocenters. The number of aryl methyl sites for hydroxylation is 2. The molecule has 19 heavy (non-hydrogen) atoms. The highest BCUT2D eigenvalue weighted by atomic mass is 32.2. The van der Waals surface area contributed by atoms with Gasteiger partial charge in [-0.1, -0.05) is 29.5 Å². The Labute approximate surface area is 117 Å². The summed E-state index contributed by atoms with van der Waals surface area (Å²) in [5.41, 5.74) is 2.41. The Morgan fingerprint density at radius 2 is 1.89 bits per heavy atom. The summed E-state index contributed by atoms with van der Waals surface area (Å²) in [5, 5.41) is 9.77. The van der Waals surface area contributed by atoms with Crippen LogP contribution in [0.25, 0.3) is 0 Å². The second kappa shape index (κ2) is 5.76. The number of aliphatic hydroxyl groups excluding tert-OH is 1. The van der Waals surface area contributed by atoms with Gasteiger partial charge < -0.3 is 5.11 Å². The quantitative estimate of drug-likeness (QED) is 0.880. The van der Waals surface area contributed by atoms with Crippen molar-refractivity contribution >= 4 is 11.8 Å². The van der Waals surface area contributed by atoms with Crippen molar-refractivity contribution in [1.82, 2.24) is 0 Å². The molecule has 0 saturated carbocycles. The van der Waals surface area contributed by atoms with E-state index >= 15 is 0 Å². The first-order valence-electron chi connectivity index (χ1n) is 6.20. The number of benzene rings is 2. The minimum absolute atomic E-state index is 0.274. The Morgan fingerprint density at radius 3 is 2.53 bits per heavy atom. The first-order valence-corrected chi connectivity index (χ1v) is 7.01. The van der Waals surface area contributed by atoms with Crippen LogP contribution in [0.1, 0.15) is 29.7 Å². The topological polar surface area (TPSA) is 20.2 Å². The van der Waals surface area contributed by atoms with E-state index in [4.69, 9.17) is 0 Å². The second-order valence-electron chi connectivity index (χ2n) is 4.73. The fourth-order valence-electron chi connectivity index (χ4n) is 1.89. The minimum atomic E-state index is -0.678. The lowest BCUT2D eigenvalue weighted by molar-refractivity contribution is 0.196. The van der Waals surface area contributed by atoms with Crippen LogP contribution in [0.2, 0.25) is 0 Å². The van der Waals surface area contributed by atoms with E-state index in [9.17, 15) is 9.50 Å². The Balaban J connectivity index is 2.41. The third-order valence-electron chi connectivity index (χ3n) is 2.96. The van der Waals surface area contributed by atoms with Crippen LogP contribution in [-0.2, 0) is 0 Å². The van der Waals surface area contributed by atoms with Gasteiger partial charge >= 0.3 is 0 Å². The maximum absolute atomic E-state index is 13.6. The average molecular weight is 276 g/mol. The first kappa shape index (κ1) is 14.1. The zero-order chi connectivity index (χ0) is 14.0. The van der Waals surface area contributed by atoms with Crippen molar-refractivity contribution in [2.24, 2.45) is 0 Å². The molecule has 0 radical (unpaired) electrons. The molecule has 100 valence electrons. The van der Waals surface area contributed by atoms with Crippen LogP contribution < -0.4 is 0 Å². The molecule has 0 bridgehead atoms. The molecule has 1 N–H and O–H groups in total. The van der Waals surface area contributed by atoms with Gasteiger partial charge in [0.25, 0.3) is 0 Å². The van der Waals surface area contributed by atoms with Crippen LogP contribution in [0.3, 0.4) is 0 Å². The first-order chi connectivity index (χ1) is 8.97. The van der Waals surface area contributed by atoms with E-state index in [-0.39, 0.29) is 5.82 Å². The molecule has 0 fully saturated rings. The van der Waals surface area contributed by atoms with E-state index in [0.717, 1.165) is 9.79 Å². The normalized spacial score (nSPS) is 12.5. The van der Waals surface area contributed by atoms with Gasteiger partial charge in [-0.25, -0.2) is 4.39 Å². The Morgan fingerprint density at radius 1 is 1.16 bits per heavy atom. The maximum atomic E-state index is 13.6. The van der Waals surface area contributed by atoms with E-state index in [0.29, 0.717) is 11.1 Å². The SMILES string of the molecule is Cc1cccc(Sc2cc(C)c(F)cc2[C@@H](C)O)c1. The lowest BCUT2D eigenvalue weighted by Gasteiger charge is -2.13. The van der Waals surface area contributed by atoms with Crippen LogP contribution in [-0.4, -0.2) is 5.11 Å². The van der Waals surface area contributed by atoms with Gasteiger partial charge in [0, 0.05) is 9.79 Å². The summed E-state index contributed by atoms with van der Waals surface area (Å²) in [6.45, 7) is 5.43. The van der Waals surface area contributed by atoms with Crippen LogP contribution in [0.15, 0.2) is 46.2 Å². The highest BCUT2D eigenvalue weighted by Crippen LogP contribution is 2.35. The van der Waals surface area contributed by atoms with Gasteiger partial charge in [-0.05, 0) is 56.2 Å². The fourth-order valence-corrected chi connectivity index (χ4v) is 3.12. The van der Waals surface area contributed by atoms with Gasteiger partial charge in [-0.2, -0.15) is 0 Å². The van der Waals surface area contributed by atoms with E-state index in [1.807, 2.05) is 25.1 Å². The molecule has 0 aliphatic heterocycles. The van der Waals surface area contributed by atoms with E-state index in [1.165, 1.54) is 11.6 Å². The Bertz CT molecular complexity index is 593. The number of halogens is 1. The molecule has 0 saturated heterocycles. The van der Waals surface area contributed by atoms with Crippen molar-refractivity contribution in [1.29, 1.82) is 0 Å². The highest BCUT2D eigenvalue weighted by molar-refractivity contribution is 7.99. The average Bonchev–Trinajstić information content (AvgIpc) is 2.33. The summed E-state index contributed by atoms with van der Waals surface area (Å²) < 4.78 is 13.6. The third kappa shape index (κ3) is 3.37. The molecule has 2 rings (SSSR count). The molecular weight excluding hydrogens is 259 g/mol. The van der Waals surface area contributed by atoms with Gasteiger partial charge in [0.1, 0.15) is 5.82 Å². The van der Waals surface area contributed by atoms with Crippen LogP contribution >= 0.6 is 11.8 Å². The summed E-state index contributed by atoms with van der Waals surface area (Å²) in [6.07, 6.45) is -0.678. The number of rotatable bonds is 3. The van der Waals surface area contributed by atoms with Crippen molar-refractivity contribution in [3.63, 3.8) is 0 Å². The number of aliphatic hydroxyl groups is 1. The summed E-state index contributed by atoms with van der Waals surface area (Å²) in [5.74, 6) is -0.274. The Kier molecular flexibility index (Phi) is 4.27. The fraction of sp³-hybridized carbons (Fsp3) is 0.250. The molecular formula is C16H17FOS. The maximum Gasteiger partial charge on any atom is 0.126 e. The number of hydrogen-bond donors (Lipinski definition) is 1. The minimum Gasteiger partial charge on any atom is -0.389 e. The predicted octanol–water partition coefficient (Wildman–Crippen LogP) is 4.65. The lowest BCUT2D eigenvalue weighted by Crippen LogP contribution is -1.97. The molecule has 0 aromatic heterocycles. The summed E-state index contributed by atoms with van der Waals surface area (Å²) >= 11 is 1.55. The zero-order valence-corrected chi connectivity index (χ0v) is 12.1. The lowest BCUT2D eigenvalue weighted by atomic mass is 10.1. The molecule has 0 aliphatic rings. The summed E-state index contributed by atoms with van der Waals surface area (Å²) in [7, 11) is 0. The van der Waals surface area contributed by atoms with Crippen molar-refractivity contribution in [2.45, 2.75) is 36.7 Å². The van der Waals surface area contributed by atoms with Gasteiger partial charge in [-0.15, -0.1) is 0 Å². The van der Waals surface area contributed by atoms with Gasteiger partial charge in [0.15, 0.2) is 0 Å².